The van der Waals surface area contributed by atoms with E-state index in [1.54, 1.807) is 19.5 Å². The maximum absolute atomic E-state index is 11.3. The molecule has 6 heteroatoms. The number of rotatable bonds is 5. The number of nitrogens with zero attached hydrogens (tertiary/aromatic N) is 2. The molecule has 3 aromatic rings. The third-order valence-electron chi connectivity index (χ3n) is 7.49. The van der Waals surface area contributed by atoms with Crippen molar-refractivity contribution in [3.63, 3.8) is 0 Å². The van der Waals surface area contributed by atoms with Crippen molar-refractivity contribution in [1.82, 2.24) is 0 Å². The van der Waals surface area contributed by atoms with E-state index in [4.69, 9.17) is 14.7 Å². The average molecular weight is 645 g/mol. The Balaban J connectivity index is 0.00000484. The van der Waals surface area contributed by atoms with Gasteiger partial charge >= 0.3 is 0 Å². The molecular formula is C38H53CoN2O3-. The minimum atomic E-state index is -0.241. The fourth-order valence-corrected chi connectivity index (χ4v) is 4.64. The van der Waals surface area contributed by atoms with Crippen LogP contribution in [0.25, 0.3) is 0 Å². The molecule has 0 aromatic heterocycles. The van der Waals surface area contributed by atoms with Gasteiger partial charge in [-0.2, -0.15) is 0 Å². The predicted molar refractivity (Wildman–Crippen MR) is 185 cm³/mol. The molecule has 0 aliphatic rings. The van der Waals surface area contributed by atoms with Gasteiger partial charge in [-0.05, 0) is 57.1 Å². The second-order valence-electron chi connectivity index (χ2n) is 15.3. The molecule has 3 aromatic carbocycles. The zero-order chi connectivity index (χ0) is 31.8. The molecule has 1 radical (unpaired) electrons. The molecule has 0 fully saturated rings. The van der Waals surface area contributed by atoms with Crippen molar-refractivity contribution in [3.8, 4) is 17.2 Å². The summed E-state index contributed by atoms with van der Waals surface area (Å²) < 4.78 is 5.49. The van der Waals surface area contributed by atoms with Crippen LogP contribution in [0.2, 0.25) is 0 Å². The largest absolute Gasteiger partial charge is 0.507 e. The molecule has 0 saturated carbocycles. The van der Waals surface area contributed by atoms with Gasteiger partial charge in [-0.15, -0.1) is 0 Å². The number of aromatic hydroxyl groups is 2. The number of methoxy groups -OCH3 is 1. The van der Waals surface area contributed by atoms with Crippen molar-refractivity contribution in [1.29, 1.82) is 0 Å². The summed E-state index contributed by atoms with van der Waals surface area (Å²) in [6.07, 6.45) is 3.40. The summed E-state index contributed by atoms with van der Waals surface area (Å²) in [6, 6.07) is 13.7. The number of phenolic OH excluding ortho intramolecular Hbond substituents is 2. The molecule has 44 heavy (non-hydrogen) atoms. The van der Waals surface area contributed by atoms with E-state index in [2.05, 4.69) is 95.2 Å². The molecule has 2 N–H and O–H groups in total. The van der Waals surface area contributed by atoms with E-state index in [9.17, 15) is 10.2 Å². The van der Waals surface area contributed by atoms with E-state index in [-0.39, 0.29) is 57.4 Å². The topological polar surface area (TPSA) is 74.4 Å². The summed E-state index contributed by atoms with van der Waals surface area (Å²) >= 11 is 0. The summed E-state index contributed by atoms with van der Waals surface area (Å²) in [6.45, 7) is 25.6. The van der Waals surface area contributed by atoms with Crippen LogP contribution in [-0.2, 0) is 38.4 Å². The fraction of sp³-hybridized carbons (Fsp3) is 0.447. The third-order valence-corrected chi connectivity index (χ3v) is 7.49. The second-order valence-corrected chi connectivity index (χ2v) is 15.3. The first-order valence-electron chi connectivity index (χ1n) is 14.6. The maximum Gasteiger partial charge on any atom is 0.128 e. The van der Waals surface area contributed by atoms with E-state index in [0.717, 1.165) is 22.3 Å². The maximum atomic E-state index is 11.3. The number of hydrogen-bond acceptors (Lipinski definition) is 5. The first-order valence-corrected chi connectivity index (χ1v) is 14.6. The van der Waals surface area contributed by atoms with E-state index in [1.165, 1.54) is 0 Å². The van der Waals surface area contributed by atoms with Gasteiger partial charge in [-0.1, -0.05) is 95.2 Å². The Morgan fingerprint density at radius 2 is 0.955 bits per heavy atom. The van der Waals surface area contributed by atoms with Gasteiger partial charge in [-0.3, -0.25) is 9.98 Å². The molecule has 0 saturated heterocycles. The minimum Gasteiger partial charge on any atom is -0.507 e. The summed E-state index contributed by atoms with van der Waals surface area (Å²) in [7, 11) is 1.62. The molecule has 243 valence electrons. The molecule has 0 atom stereocenters. The van der Waals surface area contributed by atoms with Crippen LogP contribution in [0.5, 0.6) is 17.2 Å². The Morgan fingerprint density at radius 3 is 1.30 bits per heavy atom. The fourth-order valence-electron chi connectivity index (χ4n) is 4.64. The van der Waals surface area contributed by atoms with Gasteiger partial charge in [-0.25, -0.2) is 0 Å². The zero-order valence-corrected chi connectivity index (χ0v) is 30.3. The first kappa shape index (κ1) is 38.9. The number of phenols is 2. The second kappa shape index (κ2) is 13.9. The van der Waals surface area contributed by atoms with Gasteiger partial charge < -0.3 is 22.4 Å². The quantitative estimate of drug-likeness (QED) is 0.214. The third kappa shape index (κ3) is 9.21. The van der Waals surface area contributed by atoms with Gasteiger partial charge in [0.1, 0.15) is 17.2 Å². The van der Waals surface area contributed by atoms with Crippen LogP contribution in [0.3, 0.4) is 0 Å². The zero-order valence-electron chi connectivity index (χ0n) is 29.2. The Kier molecular flexibility index (Phi) is 12.3. The van der Waals surface area contributed by atoms with Crippen molar-refractivity contribution < 1.29 is 31.7 Å². The van der Waals surface area contributed by atoms with E-state index < -0.39 is 0 Å². The Bertz CT molecular complexity index is 1510. The summed E-state index contributed by atoms with van der Waals surface area (Å²) in [4.78, 5) is 9.59. The summed E-state index contributed by atoms with van der Waals surface area (Å²) in [5.74, 6) is 1.11. The summed E-state index contributed by atoms with van der Waals surface area (Å²) in [5, 5.41) is 22.5. The summed E-state index contributed by atoms with van der Waals surface area (Å²) in [5.41, 5.74) is 5.85. The molecule has 0 heterocycles. The van der Waals surface area contributed by atoms with Crippen LogP contribution in [0.4, 0.5) is 11.4 Å². The van der Waals surface area contributed by atoms with Gasteiger partial charge in [0.15, 0.2) is 0 Å². The van der Waals surface area contributed by atoms with Crippen LogP contribution in [0.15, 0.2) is 52.4 Å². The van der Waals surface area contributed by atoms with Crippen molar-refractivity contribution in [2.45, 2.75) is 105 Å². The van der Waals surface area contributed by atoms with Crippen LogP contribution in [-0.4, -0.2) is 29.8 Å². The molecule has 0 aliphatic carbocycles. The first-order chi connectivity index (χ1) is 19.1. The Labute approximate surface area is 277 Å². The van der Waals surface area contributed by atoms with E-state index in [1.807, 2.05) is 30.3 Å². The van der Waals surface area contributed by atoms with Crippen LogP contribution in [0, 0.1) is 7.43 Å². The molecule has 0 unspecified atom stereocenters. The Hall–Kier alpha value is -3.09. The SMILES string of the molecule is COc1ccc(N=Cc2cc(C(C)(C)C)cc(C(C)(C)C)c2O)c(N=Cc2cc(C(C)(C)C)cc(C(C)(C)C)c2O)c1.[CH3-].[Co]. The van der Waals surface area contributed by atoms with Crippen molar-refractivity contribution in [3.05, 3.63) is 83.3 Å². The number of aliphatic imine (C=N–C) groups is 2. The van der Waals surface area contributed by atoms with E-state index in [0.29, 0.717) is 28.3 Å². The van der Waals surface area contributed by atoms with Gasteiger partial charge in [0.2, 0.25) is 0 Å². The normalized spacial score (nSPS) is 12.8. The average Bonchev–Trinajstić information content (AvgIpc) is 2.84. The minimum absolute atomic E-state index is 0. The van der Waals surface area contributed by atoms with E-state index >= 15 is 0 Å². The molecule has 0 aliphatic heterocycles. The van der Waals surface area contributed by atoms with Crippen molar-refractivity contribution >= 4 is 23.8 Å². The Morgan fingerprint density at radius 1 is 0.568 bits per heavy atom. The van der Waals surface area contributed by atoms with Crippen LogP contribution in [0.1, 0.15) is 116 Å². The molecular weight excluding hydrogens is 591 g/mol. The number of ether oxygens (including phenoxy) is 1. The number of benzene rings is 3. The monoisotopic (exact) mass is 644 g/mol. The van der Waals surface area contributed by atoms with Gasteiger partial charge in [0, 0.05) is 57.5 Å². The number of hydrogen-bond donors (Lipinski definition) is 2. The smallest absolute Gasteiger partial charge is 0.128 e. The molecule has 0 spiro atoms. The molecule has 3 rings (SSSR count). The standard InChI is InChI=1S/C37H50N2O3.CH3.Co/c1-34(2,3)25-16-23(32(40)28(18-25)36(7,8)9)21-38-30-15-14-27(42-13)20-31(30)39-22-24-17-26(35(4,5)6)19-29(33(24)41)37(10,11)12;;/h14-22,40-41H,1-13H3;1H3;/q;-1;. The van der Waals surface area contributed by atoms with Crippen molar-refractivity contribution in [2.75, 3.05) is 7.11 Å². The molecule has 0 bridgehead atoms. The molecule has 0 amide bonds. The van der Waals surface area contributed by atoms with Crippen LogP contribution < -0.4 is 4.74 Å². The van der Waals surface area contributed by atoms with Gasteiger partial charge in [0.05, 0.1) is 18.5 Å². The van der Waals surface area contributed by atoms with Gasteiger partial charge in [0.25, 0.3) is 0 Å². The predicted octanol–water partition coefficient (Wildman–Crippen LogP) is 10.2. The van der Waals surface area contributed by atoms with Crippen molar-refractivity contribution in [2.24, 2.45) is 9.98 Å². The molecule has 5 nitrogen and oxygen atoms in total. The van der Waals surface area contributed by atoms with Crippen LogP contribution >= 0.6 is 0 Å².